The normalized spacial score (nSPS) is 13.6. The molecule has 0 unspecified atom stereocenters. The van der Waals surface area contributed by atoms with E-state index in [0.29, 0.717) is 18.7 Å². The number of rotatable bonds is 11. The standard InChI is InChI=1S/C20H32N4O2.HI/c1-3-10-22-19(25)18-7-4-6-17(13-18)14-24-20(21-2)23-11-5-12-26-15-16-8-9-16;/h4,6-7,13,16H,3,5,8-12,14-15H2,1-2H3,(H,22,25)(H2,21,23,24);1H. The van der Waals surface area contributed by atoms with Gasteiger partial charge in [-0.15, -0.1) is 24.0 Å². The van der Waals surface area contributed by atoms with Crippen molar-refractivity contribution in [2.75, 3.05) is 33.4 Å². The molecule has 1 fully saturated rings. The lowest BCUT2D eigenvalue weighted by Crippen LogP contribution is -2.37. The Hall–Kier alpha value is -1.35. The van der Waals surface area contributed by atoms with Crippen molar-refractivity contribution in [1.82, 2.24) is 16.0 Å². The number of hydrogen-bond acceptors (Lipinski definition) is 3. The fourth-order valence-corrected chi connectivity index (χ4v) is 2.49. The highest BCUT2D eigenvalue weighted by molar-refractivity contribution is 14.0. The van der Waals surface area contributed by atoms with Crippen molar-refractivity contribution in [3.63, 3.8) is 0 Å². The summed E-state index contributed by atoms with van der Waals surface area (Å²) in [7, 11) is 1.76. The molecule has 0 saturated heterocycles. The maximum atomic E-state index is 12.0. The van der Waals surface area contributed by atoms with Gasteiger partial charge in [0.15, 0.2) is 5.96 Å². The molecule has 1 aromatic rings. The van der Waals surface area contributed by atoms with Gasteiger partial charge in [-0.1, -0.05) is 19.1 Å². The Kier molecular flexibility index (Phi) is 12.1. The minimum absolute atomic E-state index is 0. The topological polar surface area (TPSA) is 74.8 Å². The number of ether oxygens (including phenoxy) is 1. The molecule has 3 N–H and O–H groups in total. The second-order valence-corrected chi connectivity index (χ2v) is 6.68. The van der Waals surface area contributed by atoms with E-state index in [0.717, 1.165) is 50.0 Å². The number of carbonyl (C=O) groups excluding carboxylic acids is 1. The van der Waals surface area contributed by atoms with Crippen LogP contribution in [-0.2, 0) is 11.3 Å². The molecule has 1 aliphatic carbocycles. The molecule has 0 spiro atoms. The lowest BCUT2D eigenvalue weighted by Gasteiger charge is -2.12. The average molecular weight is 488 g/mol. The van der Waals surface area contributed by atoms with Gasteiger partial charge in [-0.3, -0.25) is 9.79 Å². The zero-order valence-corrected chi connectivity index (χ0v) is 18.8. The third kappa shape index (κ3) is 9.95. The van der Waals surface area contributed by atoms with Crippen LogP contribution in [0.25, 0.3) is 0 Å². The van der Waals surface area contributed by atoms with Gasteiger partial charge in [-0.05, 0) is 49.3 Å². The number of nitrogens with zero attached hydrogens (tertiary/aromatic N) is 1. The van der Waals surface area contributed by atoms with E-state index in [4.69, 9.17) is 4.74 Å². The molecule has 0 atom stereocenters. The summed E-state index contributed by atoms with van der Waals surface area (Å²) in [6, 6.07) is 7.66. The van der Waals surface area contributed by atoms with E-state index in [1.165, 1.54) is 12.8 Å². The minimum atomic E-state index is -0.0256. The molecule has 2 rings (SSSR count). The summed E-state index contributed by atoms with van der Waals surface area (Å²) < 4.78 is 5.63. The molecular formula is C20H33IN4O2. The second-order valence-electron chi connectivity index (χ2n) is 6.68. The van der Waals surface area contributed by atoms with Gasteiger partial charge in [0.1, 0.15) is 0 Å². The molecule has 152 valence electrons. The zero-order chi connectivity index (χ0) is 18.6. The largest absolute Gasteiger partial charge is 0.381 e. The highest BCUT2D eigenvalue weighted by Crippen LogP contribution is 2.28. The fourth-order valence-electron chi connectivity index (χ4n) is 2.49. The van der Waals surface area contributed by atoms with Crippen molar-refractivity contribution in [3.8, 4) is 0 Å². The van der Waals surface area contributed by atoms with E-state index < -0.39 is 0 Å². The molecule has 6 nitrogen and oxygen atoms in total. The highest BCUT2D eigenvalue weighted by Gasteiger charge is 2.20. The van der Waals surface area contributed by atoms with Gasteiger partial charge in [0.05, 0.1) is 0 Å². The fraction of sp³-hybridized carbons (Fsp3) is 0.600. The number of hydrogen-bond donors (Lipinski definition) is 3. The number of nitrogens with one attached hydrogen (secondary N) is 3. The molecular weight excluding hydrogens is 455 g/mol. The predicted molar refractivity (Wildman–Crippen MR) is 121 cm³/mol. The van der Waals surface area contributed by atoms with E-state index in [2.05, 4.69) is 20.9 Å². The zero-order valence-electron chi connectivity index (χ0n) is 16.4. The van der Waals surface area contributed by atoms with E-state index in [1.54, 1.807) is 7.05 Å². The summed E-state index contributed by atoms with van der Waals surface area (Å²) in [6.45, 7) is 5.88. The van der Waals surface area contributed by atoms with Crippen molar-refractivity contribution < 1.29 is 9.53 Å². The summed E-state index contributed by atoms with van der Waals surface area (Å²) in [5, 5.41) is 9.47. The predicted octanol–water partition coefficient (Wildman–Crippen LogP) is 2.93. The van der Waals surface area contributed by atoms with E-state index in [-0.39, 0.29) is 29.9 Å². The van der Waals surface area contributed by atoms with Gasteiger partial charge in [-0.2, -0.15) is 0 Å². The van der Waals surface area contributed by atoms with Crippen molar-refractivity contribution in [1.29, 1.82) is 0 Å². The Morgan fingerprint density at radius 2 is 2.04 bits per heavy atom. The lowest BCUT2D eigenvalue weighted by molar-refractivity contribution is 0.0953. The molecule has 0 radical (unpaired) electrons. The van der Waals surface area contributed by atoms with Gasteiger partial charge in [0, 0.05) is 45.5 Å². The third-order valence-electron chi connectivity index (χ3n) is 4.22. The molecule has 27 heavy (non-hydrogen) atoms. The Balaban J connectivity index is 0.00000364. The molecule has 0 aromatic heterocycles. The summed E-state index contributed by atoms with van der Waals surface area (Å²) in [4.78, 5) is 16.3. The number of benzene rings is 1. The van der Waals surface area contributed by atoms with Gasteiger partial charge in [0.25, 0.3) is 5.91 Å². The summed E-state index contributed by atoms with van der Waals surface area (Å²) in [6.07, 6.45) is 4.55. The van der Waals surface area contributed by atoms with Crippen LogP contribution in [0.1, 0.15) is 48.5 Å². The first kappa shape index (κ1) is 23.7. The summed E-state index contributed by atoms with van der Waals surface area (Å²) >= 11 is 0. The number of carbonyl (C=O) groups is 1. The van der Waals surface area contributed by atoms with Crippen LogP contribution in [0.15, 0.2) is 29.3 Å². The maximum Gasteiger partial charge on any atom is 0.251 e. The van der Waals surface area contributed by atoms with Crippen LogP contribution in [0, 0.1) is 5.92 Å². The minimum Gasteiger partial charge on any atom is -0.381 e. The Bertz CT molecular complexity index is 591. The average Bonchev–Trinajstić information content (AvgIpc) is 3.49. The molecule has 1 saturated carbocycles. The van der Waals surface area contributed by atoms with Crippen LogP contribution in [0.5, 0.6) is 0 Å². The monoisotopic (exact) mass is 488 g/mol. The Labute approximate surface area is 179 Å². The van der Waals surface area contributed by atoms with Gasteiger partial charge in [-0.25, -0.2) is 0 Å². The highest BCUT2D eigenvalue weighted by atomic mass is 127. The molecule has 0 bridgehead atoms. The molecule has 0 aliphatic heterocycles. The van der Waals surface area contributed by atoms with Crippen molar-refractivity contribution in [2.24, 2.45) is 10.9 Å². The van der Waals surface area contributed by atoms with E-state index >= 15 is 0 Å². The molecule has 0 heterocycles. The second kappa shape index (κ2) is 13.8. The van der Waals surface area contributed by atoms with Crippen LogP contribution in [0.2, 0.25) is 0 Å². The van der Waals surface area contributed by atoms with Crippen LogP contribution in [0.3, 0.4) is 0 Å². The summed E-state index contributed by atoms with van der Waals surface area (Å²) in [5.74, 6) is 1.55. The number of halogens is 1. The van der Waals surface area contributed by atoms with E-state index in [1.807, 2.05) is 31.2 Å². The Morgan fingerprint density at radius 3 is 2.74 bits per heavy atom. The van der Waals surface area contributed by atoms with E-state index in [9.17, 15) is 4.79 Å². The van der Waals surface area contributed by atoms with Crippen molar-refractivity contribution in [3.05, 3.63) is 35.4 Å². The number of guanidine groups is 1. The lowest BCUT2D eigenvalue weighted by atomic mass is 10.1. The van der Waals surface area contributed by atoms with Crippen LogP contribution in [0.4, 0.5) is 0 Å². The number of aliphatic imine (C=N–C) groups is 1. The molecule has 1 aromatic carbocycles. The van der Waals surface area contributed by atoms with Crippen LogP contribution in [-0.4, -0.2) is 45.2 Å². The Morgan fingerprint density at radius 1 is 1.22 bits per heavy atom. The first-order valence-corrected chi connectivity index (χ1v) is 9.62. The van der Waals surface area contributed by atoms with Crippen molar-refractivity contribution >= 4 is 35.8 Å². The summed E-state index contributed by atoms with van der Waals surface area (Å²) in [5.41, 5.74) is 1.73. The molecule has 1 aliphatic rings. The quantitative estimate of drug-likeness (QED) is 0.194. The number of amides is 1. The van der Waals surface area contributed by atoms with Crippen LogP contribution < -0.4 is 16.0 Å². The maximum absolute atomic E-state index is 12.0. The first-order chi connectivity index (χ1) is 12.7. The molecule has 1 amide bonds. The van der Waals surface area contributed by atoms with Crippen LogP contribution >= 0.6 is 24.0 Å². The van der Waals surface area contributed by atoms with Gasteiger partial charge < -0.3 is 20.7 Å². The molecule has 7 heteroatoms. The van der Waals surface area contributed by atoms with Gasteiger partial charge in [0.2, 0.25) is 0 Å². The SMILES string of the molecule is CCCNC(=O)c1cccc(CNC(=NC)NCCCOCC2CC2)c1.I. The smallest absolute Gasteiger partial charge is 0.251 e. The first-order valence-electron chi connectivity index (χ1n) is 9.62. The third-order valence-corrected chi connectivity index (χ3v) is 4.22. The van der Waals surface area contributed by atoms with Crippen molar-refractivity contribution in [2.45, 2.75) is 39.2 Å². The van der Waals surface area contributed by atoms with Gasteiger partial charge >= 0.3 is 0 Å².